The molecule has 7 aromatic rings. The van der Waals surface area contributed by atoms with Gasteiger partial charge in [-0.15, -0.1) is 0 Å². The Hall–Kier alpha value is -4.65. The molecule has 3 nitrogen and oxygen atoms in total. The lowest BCUT2D eigenvalue weighted by Crippen LogP contribution is -2.09. The summed E-state index contributed by atoms with van der Waals surface area (Å²) in [7, 11) is 0. The zero-order valence-corrected chi connectivity index (χ0v) is 18.5. The lowest BCUT2D eigenvalue weighted by molar-refractivity contribution is 0.454. The Kier molecular flexibility index (Phi) is 4.27. The molecule has 0 fully saturated rings. The summed E-state index contributed by atoms with van der Waals surface area (Å²) in [5.41, 5.74) is 0.269. The number of halogens is 4. The van der Waals surface area contributed by atoms with Crippen molar-refractivity contribution in [3.8, 4) is 16.8 Å². The minimum absolute atomic E-state index is 0.0395. The van der Waals surface area contributed by atoms with Crippen LogP contribution in [0.5, 0.6) is 0 Å². The largest absolute Gasteiger partial charge is 0.304 e. The standard InChI is InChI=1S/C29H15F4N3/c30-25-24(19-15-34-36-20-10-4-1-7-16(20)13-14-23(19)36)26(31)28(33)29(27(25)32)35-21-11-5-2-8-17(21)18-9-3-6-12-22(18)35/h1-15H. The molecule has 3 aromatic heterocycles. The molecule has 174 valence electrons. The summed E-state index contributed by atoms with van der Waals surface area (Å²) in [5.74, 6) is -5.91. The van der Waals surface area contributed by atoms with Gasteiger partial charge in [0.1, 0.15) is 5.69 Å². The van der Waals surface area contributed by atoms with Crippen LogP contribution in [0, 0.1) is 23.3 Å². The summed E-state index contributed by atoms with van der Waals surface area (Å²) in [6.07, 6.45) is 1.22. The van der Waals surface area contributed by atoms with Gasteiger partial charge in [-0.05, 0) is 24.3 Å². The van der Waals surface area contributed by atoms with Crippen molar-refractivity contribution < 1.29 is 17.6 Å². The van der Waals surface area contributed by atoms with E-state index in [4.69, 9.17) is 0 Å². The van der Waals surface area contributed by atoms with Crippen molar-refractivity contribution in [3.63, 3.8) is 0 Å². The zero-order chi connectivity index (χ0) is 24.6. The summed E-state index contributed by atoms with van der Waals surface area (Å²) < 4.78 is 65.5. The van der Waals surface area contributed by atoms with Gasteiger partial charge in [0.2, 0.25) is 0 Å². The van der Waals surface area contributed by atoms with Crippen molar-refractivity contribution in [2.45, 2.75) is 0 Å². The second-order valence-electron chi connectivity index (χ2n) is 8.60. The number of benzene rings is 4. The first-order chi connectivity index (χ1) is 17.6. The van der Waals surface area contributed by atoms with E-state index in [0.29, 0.717) is 32.8 Å². The number of hydrogen-bond acceptors (Lipinski definition) is 1. The van der Waals surface area contributed by atoms with Crippen LogP contribution < -0.4 is 0 Å². The van der Waals surface area contributed by atoms with Crippen LogP contribution >= 0.6 is 0 Å². The van der Waals surface area contributed by atoms with E-state index in [1.807, 2.05) is 18.2 Å². The van der Waals surface area contributed by atoms with Gasteiger partial charge in [0.25, 0.3) is 0 Å². The van der Waals surface area contributed by atoms with Crippen molar-refractivity contribution >= 4 is 38.2 Å². The van der Waals surface area contributed by atoms with Gasteiger partial charge >= 0.3 is 0 Å². The van der Waals surface area contributed by atoms with Crippen LogP contribution in [0.2, 0.25) is 0 Å². The van der Waals surface area contributed by atoms with Crippen LogP contribution in [0.1, 0.15) is 0 Å². The molecule has 7 heteroatoms. The van der Waals surface area contributed by atoms with Crippen molar-refractivity contribution in [1.29, 1.82) is 0 Å². The average Bonchev–Trinajstić information content (AvgIpc) is 3.48. The van der Waals surface area contributed by atoms with Gasteiger partial charge in [-0.25, -0.2) is 22.1 Å². The molecule has 0 unspecified atom stereocenters. The van der Waals surface area contributed by atoms with Crippen LogP contribution in [0.4, 0.5) is 17.6 Å². The van der Waals surface area contributed by atoms with E-state index >= 15 is 17.6 Å². The smallest absolute Gasteiger partial charge is 0.186 e. The molecule has 4 aromatic carbocycles. The first-order valence-electron chi connectivity index (χ1n) is 11.3. The third-order valence-electron chi connectivity index (χ3n) is 6.71. The molecule has 36 heavy (non-hydrogen) atoms. The van der Waals surface area contributed by atoms with Crippen molar-refractivity contribution in [3.05, 3.63) is 114 Å². The minimum atomic E-state index is -1.48. The Labute approximate surface area is 201 Å². The topological polar surface area (TPSA) is 22.2 Å². The number of pyridine rings is 1. The molecular formula is C29H15F4N3. The SMILES string of the molecule is Fc1c(F)c(-n2c3ccccc3c3ccccc32)c(F)c(F)c1-c1cnn2c1ccc1ccccc12. The number of aromatic nitrogens is 3. The molecule has 0 spiro atoms. The average molecular weight is 481 g/mol. The lowest BCUT2D eigenvalue weighted by Gasteiger charge is -2.14. The molecule has 0 amide bonds. The van der Waals surface area contributed by atoms with Gasteiger partial charge in [-0.2, -0.15) is 5.10 Å². The van der Waals surface area contributed by atoms with E-state index in [-0.39, 0.29) is 5.56 Å². The van der Waals surface area contributed by atoms with E-state index in [1.165, 1.54) is 15.3 Å². The number of nitrogens with zero attached hydrogens (tertiary/aromatic N) is 3. The maximum absolute atomic E-state index is 15.7. The Bertz CT molecular complexity index is 1920. The van der Waals surface area contributed by atoms with E-state index in [9.17, 15) is 0 Å². The predicted octanol–water partition coefficient (Wildman–Crippen LogP) is 7.81. The van der Waals surface area contributed by atoms with Crippen LogP contribution in [-0.4, -0.2) is 14.2 Å². The Morgan fingerprint density at radius 2 is 1.08 bits per heavy atom. The highest BCUT2D eigenvalue weighted by atomic mass is 19.2. The van der Waals surface area contributed by atoms with Gasteiger partial charge in [0.15, 0.2) is 23.3 Å². The van der Waals surface area contributed by atoms with Gasteiger partial charge in [-0.3, -0.25) is 0 Å². The Morgan fingerprint density at radius 3 is 1.72 bits per heavy atom. The number of hydrogen-bond donors (Lipinski definition) is 0. The van der Waals surface area contributed by atoms with Crippen LogP contribution in [0.3, 0.4) is 0 Å². The van der Waals surface area contributed by atoms with Crippen molar-refractivity contribution in [1.82, 2.24) is 14.2 Å². The van der Waals surface area contributed by atoms with Crippen molar-refractivity contribution in [2.75, 3.05) is 0 Å². The van der Waals surface area contributed by atoms with Crippen LogP contribution in [0.15, 0.2) is 91.1 Å². The fraction of sp³-hybridized carbons (Fsp3) is 0. The van der Waals surface area contributed by atoms with Crippen LogP contribution in [-0.2, 0) is 0 Å². The lowest BCUT2D eigenvalue weighted by atomic mass is 10.0. The molecule has 0 saturated heterocycles. The molecule has 0 aliphatic heterocycles. The van der Waals surface area contributed by atoms with Gasteiger partial charge in [0.05, 0.1) is 33.8 Å². The first-order valence-corrected chi connectivity index (χ1v) is 11.3. The predicted molar refractivity (Wildman–Crippen MR) is 132 cm³/mol. The maximum atomic E-state index is 15.7. The second-order valence-corrected chi connectivity index (χ2v) is 8.60. The van der Waals surface area contributed by atoms with E-state index in [0.717, 1.165) is 5.39 Å². The summed E-state index contributed by atoms with van der Waals surface area (Å²) in [5, 5.41) is 6.54. The van der Waals surface area contributed by atoms with Gasteiger partial charge in [-0.1, -0.05) is 60.7 Å². The molecule has 3 heterocycles. The third kappa shape index (κ3) is 2.65. The highest BCUT2D eigenvalue weighted by Crippen LogP contribution is 2.39. The molecule has 7 rings (SSSR count). The number of para-hydroxylation sites is 3. The molecule has 0 aliphatic rings. The first kappa shape index (κ1) is 20.7. The number of fused-ring (bicyclic) bond motifs is 6. The quantitative estimate of drug-likeness (QED) is 0.182. The summed E-state index contributed by atoms with van der Waals surface area (Å²) in [4.78, 5) is 0. The fourth-order valence-corrected chi connectivity index (χ4v) is 5.11. The highest BCUT2D eigenvalue weighted by molar-refractivity contribution is 6.09. The van der Waals surface area contributed by atoms with E-state index < -0.39 is 34.5 Å². The Morgan fingerprint density at radius 1 is 0.528 bits per heavy atom. The highest BCUT2D eigenvalue weighted by Gasteiger charge is 2.30. The third-order valence-corrected chi connectivity index (χ3v) is 6.71. The molecule has 0 aliphatic carbocycles. The molecule has 0 bridgehead atoms. The minimum Gasteiger partial charge on any atom is -0.304 e. The van der Waals surface area contributed by atoms with Crippen LogP contribution in [0.25, 0.3) is 55.0 Å². The van der Waals surface area contributed by atoms with E-state index in [1.54, 1.807) is 66.7 Å². The monoisotopic (exact) mass is 481 g/mol. The number of rotatable bonds is 2. The molecule has 0 radical (unpaired) electrons. The Balaban J connectivity index is 1.55. The molecular weight excluding hydrogens is 466 g/mol. The molecule has 0 saturated carbocycles. The normalized spacial score (nSPS) is 11.9. The summed E-state index contributed by atoms with van der Waals surface area (Å²) in [6, 6.07) is 24.7. The molecule has 0 N–H and O–H groups in total. The fourth-order valence-electron chi connectivity index (χ4n) is 5.11. The maximum Gasteiger partial charge on any atom is 0.186 e. The van der Waals surface area contributed by atoms with Gasteiger partial charge < -0.3 is 4.57 Å². The zero-order valence-electron chi connectivity index (χ0n) is 18.5. The molecule has 0 atom stereocenters. The summed E-state index contributed by atoms with van der Waals surface area (Å²) >= 11 is 0. The van der Waals surface area contributed by atoms with Gasteiger partial charge in [0, 0.05) is 21.7 Å². The summed E-state index contributed by atoms with van der Waals surface area (Å²) in [6.45, 7) is 0. The second kappa shape index (κ2) is 7.42. The van der Waals surface area contributed by atoms with E-state index in [2.05, 4.69) is 5.10 Å². The van der Waals surface area contributed by atoms with Crippen molar-refractivity contribution in [2.24, 2.45) is 0 Å².